The molecule has 0 saturated carbocycles. The second-order valence-electron chi connectivity index (χ2n) is 6.22. The molecule has 0 spiro atoms. The lowest BCUT2D eigenvalue weighted by Gasteiger charge is -2.29. The number of aromatic nitrogens is 1. The Bertz CT molecular complexity index is 909. The van der Waals surface area contributed by atoms with Gasteiger partial charge in [-0.3, -0.25) is 4.79 Å². The summed E-state index contributed by atoms with van der Waals surface area (Å²) < 4.78 is 13.2. The molecule has 0 saturated heterocycles. The van der Waals surface area contributed by atoms with Crippen LogP contribution in [-0.2, 0) is 6.54 Å². The van der Waals surface area contributed by atoms with Gasteiger partial charge in [-0.25, -0.2) is 0 Å². The first-order valence-corrected chi connectivity index (χ1v) is 8.38. The molecule has 0 N–H and O–H groups in total. The van der Waals surface area contributed by atoms with Crippen LogP contribution in [0, 0.1) is 13.8 Å². The van der Waals surface area contributed by atoms with Crippen LogP contribution in [0.25, 0.3) is 0 Å². The molecule has 2 aromatic heterocycles. The number of fused-ring (bicyclic) bond motifs is 1. The van der Waals surface area contributed by atoms with Gasteiger partial charge in [0.15, 0.2) is 0 Å². The number of furan rings is 1. The minimum atomic E-state index is 0.00884. The minimum absolute atomic E-state index is 0.00884. The third kappa shape index (κ3) is 2.71. The Kier molecular flexibility index (Phi) is 3.84. The van der Waals surface area contributed by atoms with Crippen LogP contribution in [0.4, 0.5) is 5.69 Å². The maximum Gasteiger partial charge on any atom is 0.260 e. The fourth-order valence-electron chi connectivity index (χ4n) is 3.35. The van der Waals surface area contributed by atoms with Gasteiger partial charge >= 0.3 is 0 Å². The fraction of sp³-hybridized carbons (Fsp3) is 0.250. The number of benzene rings is 1. The van der Waals surface area contributed by atoms with E-state index < -0.39 is 0 Å². The van der Waals surface area contributed by atoms with E-state index in [2.05, 4.69) is 4.57 Å². The lowest BCUT2D eigenvalue weighted by molar-refractivity contribution is 0.0976. The van der Waals surface area contributed by atoms with Crippen molar-refractivity contribution in [2.24, 2.45) is 0 Å². The van der Waals surface area contributed by atoms with E-state index in [4.69, 9.17) is 9.15 Å². The zero-order valence-electron chi connectivity index (χ0n) is 14.4. The molecule has 0 bridgehead atoms. The average molecular weight is 336 g/mol. The second kappa shape index (κ2) is 6.16. The van der Waals surface area contributed by atoms with Crippen LogP contribution in [0.2, 0.25) is 0 Å². The van der Waals surface area contributed by atoms with Crippen LogP contribution in [0.1, 0.15) is 27.5 Å². The molecule has 5 nitrogen and oxygen atoms in total. The van der Waals surface area contributed by atoms with Crippen molar-refractivity contribution in [3.63, 3.8) is 0 Å². The van der Waals surface area contributed by atoms with Crippen LogP contribution in [0.5, 0.6) is 5.75 Å². The first-order chi connectivity index (χ1) is 12.1. The van der Waals surface area contributed by atoms with E-state index in [-0.39, 0.29) is 5.91 Å². The summed E-state index contributed by atoms with van der Waals surface area (Å²) in [6.45, 7) is 5.68. The molecule has 0 unspecified atom stereocenters. The summed E-state index contributed by atoms with van der Waals surface area (Å²) in [7, 11) is 0. The summed E-state index contributed by atoms with van der Waals surface area (Å²) >= 11 is 0. The molecular formula is C20H20N2O3. The van der Waals surface area contributed by atoms with E-state index in [1.165, 1.54) is 0 Å². The molecule has 1 aliphatic heterocycles. The van der Waals surface area contributed by atoms with Crippen LogP contribution in [0.15, 0.2) is 53.1 Å². The van der Waals surface area contributed by atoms with Crippen molar-refractivity contribution in [2.45, 2.75) is 20.4 Å². The molecule has 5 heteroatoms. The third-order valence-electron chi connectivity index (χ3n) is 4.67. The Balaban J connectivity index is 1.68. The predicted molar refractivity (Wildman–Crippen MR) is 95.3 cm³/mol. The second-order valence-corrected chi connectivity index (χ2v) is 6.22. The molecule has 3 heterocycles. The number of ether oxygens (including phenoxy) is 1. The van der Waals surface area contributed by atoms with Crippen LogP contribution >= 0.6 is 0 Å². The molecule has 4 rings (SSSR count). The van der Waals surface area contributed by atoms with E-state index in [0.29, 0.717) is 19.7 Å². The van der Waals surface area contributed by atoms with Crippen molar-refractivity contribution < 1.29 is 13.9 Å². The van der Waals surface area contributed by atoms with Crippen molar-refractivity contribution >= 4 is 11.6 Å². The first kappa shape index (κ1) is 15.6. The molecule has 3 aromatic rings. The van der Waals surface area contributed by atoms with Crippen LogP contribution < -0.4 is 9.64 Å². The topological polar surface area (TPSA) is 47.6 Å². The number of carbonyl (C=O) groups is 1. The lowest BCUT2D eigenvalue weighted by atomic mass is 10.1. The molecule has 0 aliphatic carbocycles. The van der Waals surface area contributed by atoms with E-state index in [1.807, 2.05) is 56.3 Å². The van der Waals surface area contributed by atoms with Gasteiger partial charge in [-0.15, -0.1) is 0 Å². The van der Waals surface area contributed by atoms with Gasteiger partial charge in [-0.2, -0.15) is 0 Å². The third-order valence-corrected chi connectivity index (χ3v) is 4.67. The highest BCUT2D eigenvalue weighted by Gasteiger charge is 2.27. The van der Waals surface area contributed by atoms with Gasteiger partial charge in [-0.05, 0) is 44.2 Å². The Morgan fingerprint density at radius 3 is 2.80 bits per heavy atom. The van der Waals surface area contributed by atoms with Gasteiger partial charge in [0.05, 0.1) is 30.6 Å². The fourth-order valence-corrected chi connectivity index (χ4v) is 3.35. The van der Waals surface area contributed by atoms with Gasteiger partial charge in [0.1, 0.15) is 18.1 Å². The van der Waals surface area contributed by atoms with Gasteiger partial charge in [0.25, 0.3) is 5.91 Å². The van der Waals surface area contributed by atoms with Gasteiger partial charge < -0.3 is 18.6 Å². The van der Waals surface area contributed by atoms with E-state index in [0.717, 1.165) is 34.1 Å². The molecule has 25 heavy (non-hydrogen) atoms. The van der Waals surface area contributed by atoms with Crippen molar-refractivity contribution in [1.82, 2.24) is 4.57 Å². The molecule has 0 atom stereocenters. The summed E-state index contributed by atoms with van der Waals surface area (Å²) in [5, 5.41) is 0. The SMILES string of the molecule is Cc1cc(C(=O)N2CCOc3ccccc32)c(C)n1Cc1ccco1. The number of amides is 1. The summed E-state index contributed by atoms with van der Waals surface area (Å²) in [5.41, 5.74) is 3.54. The van der Waals surface area contributed by atoms with Gasteiger partial charge in [0.2, 0.25) is 0 Å². The molecule has 1 amide bonds. The Labute approximate surface area is 146 Å². The highest BCUT2D eigenvalue weighted by atomic mass is 16.5. The van der Waals surface area contributed by atoms with E-state index in [9.17, 15) is 4.79 Å². The largest absolute Gasteiger partial charge is 0.490 e. The predicted octanol–water partition coefficient (Wildman–Crippen LogP) is 3.79. The monoisotopic (exact) mass is 336 g/mol. The molecular weight excluding hydrogens is 316 g/mol. The lowest BCUT2D eigenvalue weighted by Crippen LogP contribution is -2.38. The van der Waals surface area contributed by atoms with Crippen LogP contribution in [0.3, 0.4) is 0 Å². The molecule has 1 aliphatic rings. The number of nitrogens with zero attached hydrogens (tertiary/aromatic N) is 2. The number of aryl methyl sites for hydroxylation is 1. The highest BCUT2D eigenvalue weighted by Crippen LogP contribution is 2.32. The number of carbonyl (C=O) groups excluding carboxylic acids is 1. The Hall–Kier alpha value is -2.95. The van der Waals surface area contributed by atoms with Gasteiger partial charge in [0, 0.05) is 11.4 Å². The van der Waals surface area contributed by atoms with E-state index in [1.54, 1.807) is 11.2 Å². The molecule has 1 aromatic carbocycles. The quantitative estimate of drug-likeness (QED) is 0.731. The first-order valence-electron chi connectivity index (χ1n) is 8.38. The number of para-hydroxylation sites is 2. The van der Waals surface area contributed by atoms with Crippen molar-refractivity contribution in [3.05, 3.63) is 71.4 Å². The smallest absolute Gasteiger partial charge is 0.260 e. The molecule has 0 fully saturated rings. The Morgan fingerprint density at radius 2 is 2.00 bits per heavy atom. The number of hydrogen-bond acceptors (Lipinski definition) is 3. The summed E-state index contributed by atoms with van der Waals surface area (Å²) in [6, 6.07) is 13.4. The average Bonchev–Trinajstić information content (AvgIpc) is 3.24. The van der Waals surface area contributed by atoms with E-state index >= 15 is 0 Å². The summed E-state index contributed by atoms with van der Waals surface area (Å²) in [4.78, 5) is 15.0. The zero-order chi connectivity index (χ0) is 17.4. The summed E-state index contributed by atoms with van der Waals surface area (Å²) in [5.74, 6) is 1.64. The number of rotatable bonds is 3. The summed E-state index contributed by atoms with van der Waals surface area (Å²) in [6.07, 6.45) is 1.67. The zero-order valence-corrected chi connectivity index (χ0v) is 14.4. The van der Waals surface area contributed by atoms with Crippen molar-refractivity contribution in [1.29, 1.82) is 0 Å². The maximum atomic E-state index is 13.2. The maximum absolute atomic E-state index is 13.2. The Morgan fingerprint density at radius 1 is 1.16 bits per heavy atom. The highest BCUT2D eigenvalue weighted by molar-refractivity contribution is 6.08. The van der Waals surface area contributed by atoms with Crippen molar-refractivity contribution in [3.8, 4) is 5.75 Å². The number of anilines is 1. The molecule has 128 valence electrons. The van der Waals surface area contributed by atoms with Crippen molar-refractivity contribution in [2.75, 3.05) is 18.1 Å². The van der Waals surface area contributed by atoms with Gasteiger partial charge in [-0.1, -0.05) is 12.1 Å². The standard InChI is InChI=1S/C20H20N2O3/c1-14-12-17(15(2)22(14)13-16-6-5-10-24-16)20(23)21-9-11-25-19-8-4-3-7-18(19)21/h3-8,10,12H,9,11,13H2,1-2H3. The van der Waals surface area contributed by atoms with Crippen LogP contribution in [-0.4, -0.2) is 23.6 Å². The minimum Gasteiger partial charge on any atom is -0.490 e. The number of hydrogen-bond donors (Lipinski definition) is 0. The normalized spacial score (nSPS) is 13.4. The molecule has 0 radical (unpaired) electrons.